The summed E-state index contributed by atoms with van der Waals surface area (Å²) in [5, 5.41) is 11.1. The fourth-order valence-corrected chi connectivity index (χ4v) is 4.23. The minimum absolute atomic E-state index is 0.0850. The molecule has 0 bridgehead atoms. The Kier molecular flexibility index (Phi) is 7.36. The molecule has 0 heterocycles. The zero-order valence-electron chi connectivity index (χ0n) is 19.9. The van der Waals surface area contributed by atoms with E-state index in [4.69, 9.17) is 9.47 Å². The number of esters is 2. The highest BCUT2D eigenvalue weighted by molar-refractivity contribution is 6.02. The molecule has 0 aliphatic heterocycles. The molecule has 0 saturated heterocycles. The molecule has 0 aromatic heterocycles. The first kappa shape index (κ1) is 25.1. The van der Waals surface area contributed by atoms with Gasteiger partial charge in [-0.15, -0.1) is 0 Å². The van der Waals surface area contributed by atoms with Crippen LogP contribution in [0.1, 0.15) is 78.9 Å². The van der Waals surface area contributed by atoms with Crippen molar-refractivity contribution >= 4 is 17.7 Å². The summed E-state index contributed by atoms with van der Waals surface area (Å²) in [5.74, 6) is -4.90. The summed E-state index contributed by atoms with van der Waals surface area (Å²) in [7, 11) is 0. The Morgan fingerprint density at radius 3 is 1.94 bits per heavy atom. The predicted octanol–water partition coefficient (Wildman–Crippen LogP) is 3.93. The van der Waals surface area contributed by atoms with Gasteiger partial charge in [0.1, 0.15) is 5.92 Å². The Bertz CT molecular complexity index is 805. The molecule has 1 N–H and O–H groups in total. The van der Waals surface area contributed by atoms with Crippen LogP contribution in [0.15, 0.2) is 24.3 Å². The van der Waals surface area contributed by atoms with E-state index in [0.717, 1.165) is 5.56 Å². The van der Waals surface area contributed by atoms with Crippen LogP contribution < -0.4 is 0 Å². The van der Waals surface area contributed by atoms with Crippen LogP contribution in [-0.4, -0.2) is 40.6 Å². The van der Waals surface area contributed by atoms with Crippen LogP contribution in [0.25, 0.3) is 0 Å². The fourth-order valence-electron chi connectivity index (χ4n) is 4.23. The lowest BCUT2D eigenvalue weighted by atomic mass is 9.61. The van der Waals surface area contributed by atoms with Crippen LogP contribution in [0.4, 0.5) is 0 Å². The largest absolute Gasteiger partial charge is 0.463 e. The minimum Gasteiger partial charge on any atom is -0.463 e. The second-order valence-corrected chi connectivity index (χ2v) is 10.3. The zero-order valence-corrected chi connectivity index (χ0v) is 19.9. The van der Waals surface area contributed by atoms with Gasteiger partial charge < -0.3 is 14.6 Å². The molecule has 1 aliphatic carbocycles. The van der Waals surface area contributed by atoms with Crippen LogP contribution in [0.2, 0.25) is 0 Å². The predicted molar refractivity (Wildman–Crippen MR) is 118 cm³/mol. The van der Waals surface area contributed by atoms with Gasteiger partial charge in [-0.25, -0.2) is 0 Å². The third-order valence-corrected chi connectivity index (χ3v) is 5.64. The summed E-state index contributed by atoms with van der Waals surface area (Å²) >= 11 is 0. The number of Topliss-reactive ketones (excluding diaryl/α,β-unsaturated/α-hetero) is 1. The summed E-state index contributed by atoms with van der Waals surface area (Å²) in [5.41, 5.74) is -0.0332. The second kappa shape index (κ2) is 9.11. The van der Waals surface area contributed by atoms with E-state index >= 15 is 0 Å². The quantitative estimate of drug-likeness (QED) is 0.560. The van der Waals surface area contributed by atoms with Gasteiger partial charge in [-0.3, -0.25) is 14.4 Å². The third kappa shape index (κ3) is 5.73. The Labute approximate surface area is 185 Å². The lowest BCUT2D eigenvalue weighted by Crippen LogP contribution is -2.55. The van der Waals surface area contributed by atoms with Crippen molar-refractivity contribution in [3.05, 3.63) is 35.4 Å². The van der Waals surface area contributed by atoms with Crippen molar-refractivity contribution in [3.8, 4) is 0 Å². The van der Waals surface area contributed by atoms with Crippen molar-refractivity contribution in [2.45, 2.75) is 91.0 Å². The van der Waals surface area contributed by atoms with E-state index in [-0.39, 0.29) is 11.8 Å². The average molecular weight is 433 g/mol. The van der Waals surface area contributed by atoms with Gasteiger partial charge in [0.2, 0.25) is 0 Å². The normalized spacial score (nSPS) is 26.8. The highest BCUT2D eigenvalue weighted by atomic mass is 16.5. The Hall–Kier alpha value is -2.21. The first-order chi connectivity index (χ1) is 14.1. The average Bonchev–Trinajstić information content (AvgIpc) is 2.57. The van der Waals surface area contributed by atoms with Gasteiger partial charge in [0.25, 0.3) is 0 Å². The molecule has 2 rings (SSSR count). The van der Waals surface area contributed by atoms with Gasteiger partial charge in [-0.05, 0) is 51.2 Å². The van der Waals surface area contributed by atoms with E-state index in [0.29, 0.717) is 5.56 Å². The Morgan fingerprint density at radius 1 is 1.00 bits per heavy atom. The lowest BCUT2D eigenvalue weighted by molar-refractivity contribution is -0.176. The van der Waals surface area contributed by atoms with Crippen molar-refractivity contribution in [1.29, 1.82) is 0 Å². The van der Waals surface area contributed by atoms with Crippen LogP contribution in [-0.2, 0) is 29.3 Å². The zero-order chi connectivity index (χ0) is 23.7. The summed E-state index contributed by atoms with van der Waals surface area (Å²) in [6, 6.07) is 7.51. The monoisotopic (exact) mass is 432 g/mol. The van der Waals surface area contributed by atoms with Crippen molar-refractivity contribution < 1.29 is 29.0 Å². The van der Waals surface area contributed by atoms with E-state index in [9.17, 15) is 19.5 Å². The van der Waals surface area contributed by atoms with Crippen molar-refractivity contribution in [2.24, 2.45) is 11.8 Å². The van der Waals surface area contributed by atoms with Crippen molar-refractivity contribution in [3.63, 3.8) is 0 Å². The van der Waals surface area contributed by atoms with Gasteiger partial charge in [0.05, 0.1) is 23.7 Å². The number of aliphatic hydroxyl groups is 1. The van der Waals surface area contributed by atoms with Gasteiger partial charge in [0.15, 0.2) is 5.78 Å². The number of ketones is 1. The van der Waals surface area contributed by atoms with E-state index < -0.39 is 53.3 Å². The molecule has 1 saturated carbocycles. The smallest absolute Gasteiger partial charge is 0.317 e. The topological polar surface area (TPSA) is 89.9 Å². The molecule has 1 fully saturated rings. The molecular weight excluding hydrogens is 396 g/mol. The molecule has 1 aromatic rings. The van der Waals surface area contributed by atoms with Crippen molar-refractivity contribution in [1.82, 2.24) is 0 Å². The second-order valence-electron chi connectivity index (χ2n) is 10.3. The van der Waals surface area contributed by atoms with Gasteiger partial charge in [-0.1, -0.05) is 45.0 Å². The maximum Gasteiger partial charge on any atom is 0.317 e. The highest BCUT2D eigenvalue weighted by Gasteiger charge is 2.57. The van der Waals surface area contributed by atoms with E-state index in [1.807, 2.05) is 24.3 Å². The van der Waals surface area contributed by atoms with Gasteiger partial charge in [0, 0.05) is 12.3 Å². The summed E-state index contributed by atoms with van der Waals surface area (Å²) in [6.45, 7) is 14.6. The third-order valence-electron chi connectivity index (χ3n) is 5.64. The summed E-state index contributed by atoms with van der Waals surface area (Å²) in [6.07, 6.45) is -1.13. The van der Waals surface area contributed by atoms with Crippen LogP contribution in [0, 0.1) is 11.8 Å². The molecule has 172 valence electrons. The van der Waals surface area contributed by atoms with E-state index in [2.05, 4.69) is 20.8 Å². The number of hydrogen-bond acceptors (Lipinski definition) is 6. The molecule has 0 unspecified atom stereocenters. The van der Waals surface area contributed by atoms with Crippen molar-refractivity contribution in [2.75, 3.05) is 0 Å². The molecule has 0 amide bonds. The maximum absolute atomic E-state index is 13.1. The molecule has 1 aromatic carbocycles. The van der Waals surface area contributed by atoms with Crippen LogP contribution in [0.5, 0.6) is 0 Å². The van der Waals surface area contributed by atoms with Crippen LogP contribution >= 0.6 is 0 Å². The number of rotatable bonds is 5. The van der Waals surface area contributed by atoms with E-state index in [1.54, 1.807) is 27.7 Å². The molecule has 1 aliphatic rings. The number of carbonyl (C=O) groups excluding carboxylic acids is 3. The Morgan fingerprint density at radius 2 is 1.48 bits per heavy atom. The molecule has 0 spiro atoms. The molecule has 6 heteroatoms. The fraction of sp³-hybridized carbons (Fsp3) is 0.640. The van der Waals surface area contributed by atoms with Gasteiger partial charge >= 0.3 is 11.9 Å². The molecule has 4 atom stereocenters. The SMILES string of the molecule is CC(C)OC(=O)[C@@H]1C(=O)C[C@](C)(O)[C@@H](C(=O)OC(C)C)[C@H]1c1ccc(C(C)(C)C)cc1. The maximum atomic E-state index is 13.1. The number of hydrogen-bond donors (Lipinski definition) is 1. The summed E-state index contributed by atoms with van der Waals surface area (Å²) < 4.78 is 10.8. The number of carbonyl (C=O) groups is 3. The molecule has 6 nitrogen and oxygen atoms in total. The molecule has 0 radical (unpaired) electrons. The molecular formula is C25H36O6. The number of benzene rings is 1. The minimum atomic E-state index is -1.65. The standard InChI is InChI=1S/C25H36O6/c1-14(2)30-22(27)20-18(26)13-25(8,29)21(23(28)31-15(3)4)19(20)16-9-11-17(12-10-16)24(5,6)7/h9-12,14-15,19-21,29H,13H2,1-8H3/t19-,20+,21+,25-/m0/s1. The Balaban J connectivity index is 2.63. The summed E-state index contributed by atoms with van der Waals surface area (Å²) in [4.78, 5) is 39.1. The van der Waals surface area contributed by atoms with Gasteiger partial charge in [-0.2, -0.15) is 0 Å². The first-order valence-corrected chi connectivity index (χ1v) is 10.9. The first-order valence-electron chi connectivity index (χ1n) is 10.9. The van der Waals surface area contributed by atoms with Crippen LogP contribution in [0.3, 0.4) is 0 Å². The number of ether oxygens (including phenoxy) is 2. The molecule has 31 heavy (non-hydrogen) atoms. The lowest BCUT2D eigenvalue weighted by Gasteiger charge is -2.44. The van der Waals surface area contributed by atoms with E-state index in [1.165, 1.54) is 6.92 Å². The highest BCUT2D eigenvalue weighted by Crippen LogP contribution is 2.47.